The van der Waals surface area contributed by atoms with Crippen LogP contribution in [-0.2, 0) is 9.84 Å². The van der Waals surface area contributed by atoms with E-state index >= 15 is 0 Å². The number of hydrogen-bond donors (Lipinski definition) is 1. The standard InChI is InChI=1S/C16H34N2O2S/c1-6-14(7-2)18(11-13(3)4)16(12-17)10-8-9-15(16)21(5,19)20/h13-15H,6-12,17H2,1-5H3. The lowest BCUT2D eigenvalue weighted by molar-refractivity contribution is 0.0378. The monoisotopic (exact) mass is 318 g/mol. The second-order valence-corrected chi connectivity index (χ2v) is 9.26. The van der Waals surface area contributed by atoms with E-state index in [1.807, 2.05) is 0 Å². The zero-order valence-electron chi connectivity index (χ0n) is 14.4. The molecule has 0 aromatic rings. The van der Waals surface area contributed by atoms with Crippen molar-refractivity contribution >= 4 is 9.84 Å². The number of nitrogens with two attached hydrogens (primary N) is 1. The van der Waals surface area contributed by atoms with Crippen molar-refractivity contribution in [2.45, 2.75) is 76.6 Å². The van der Waals surface area contributed by atoms with Crippen LogP contribution in [0.15, 0.2) is 0 Å². The molecule has 126 valence electrons. The van der Waals surface area contributed by atoms with Crippen molar-refractivity contribution in [1.29, 1.82) is 0 Å². The largest absolute Gasteiger partial charge is 0.329 e. The molecule has 1 aliphatic carbocycles. The highest BCUT2D eigenvalue weighted by atomic mass is 32.2. The molecule has 5 heteroatoms. The van der Waals surface area contributed by atoms with Gasteiger partial charge in [0.05, 0.1) is 10.8 Å². The van der Waals surface area contributed by atoms with Gasteiger partial charge >= 0.3 is 0 Å². The first-order chi connectivity index (χ1) is 9.72. The van der Waals surface area contributed by atoms with Gasteiger partial charge in [-0.25, -0.2) is 8.42 Å². The molecule has 1 saturated carbocycles. The van der Waals surface area contributed by atoms with E-state index in [4.69, 9.17) is 5.73 Å². The van der Waals surface area contributed by atoms with Crippen LogP contribution in [0.5, 0.6) is 0 Å². The molecule has 0 aliphatic heterocycles. The van der Waals surface area contributed by atoms with Crippen LogP contribution in [0.25, 0.3) is 0 Å². The minimum Gasteiger partial charge on any atom is -0.329 e. The summed E-state index contributed by atoms with van der Waals surface area (Å²) in [5.74, 6) is 0.509. The molecule has 0 aromatic heterocycles. The maximum atomic E-state index is 12.3. The van der Waals surface area contributed by atoms with Gasteiger partial charge in [0.1, 0.15) is 0 Å². The van der Waals surface area contributed by atoms with E-state index < -0.39 is 9.84 Å². The third-order valence-electron chi connectivity index (χ3n) is 5.06. The first-order valence-corrected chi connectivity index (χ1v) is 10.3. The molecule has 0 radical (unpaired) electrons. The summed E-state index contributed by atoms with van der Waals surface area (Å²) < 4.78 is 24.6. The Hall–Kier alpha value is -0.130. The summed E-state index contributed by atoms with van der Waals surface area (Å²) in [6, 6.07) is 0.415. The zero-order valence-corrected chi connectivity index (χ0v) is 15.2. The molecule has 0 bridgehead atoms. The van der Waals surface area contributed by atoms with Gasteiger partial charge in [0, 0.05) is 25.4 Å². The highest BCUT2D eigenvalue weighted by Crippen LogP contribution is 2.41. The molecule has 21 heavy (non-hydrogen) atoms. The Labute approximate surface area is 131 Å². The lowest BCUT2D eigenvalue weighted by Gasteiger charge is -2.49. The SMILES string of the molecule is CCC(CC)N(CC(C)C)C1(CN)CCCC1S(C)(=O)=O. The van der Waals surface area contributed by atoms with Gasteiger partial charge in [0.2, 0.25) is 0 Å². The van der Waals surface area contributed by atoms with Crippen LogP contribution < -0.4 is 5.73 Å². The summed E-state index contributed by atoms with van der Waals surface area (Å²) in [6.45, 7) is 10.1. The van der Waals surface area contributed by atoms with Gasteiger partial charge in [0.25, 0.3) is 0 Å². The molecule has 0 saturated heterocycles. The summed E-state index contributed by atoms with van der Waals surface area (Å²) in [4.78, 5) is 2.45. The van der Waals surface area contributed by atoms with Gasteiger partial charge in [-0.3, -0.25) is 4.90 Å². The molecule has 0 spiro atoms. The molecular formula is C16H34N2O2S. The normalized spacial score (nSPS) is 27.2. The van der Waals surface area contributed by atoms with Crippen molar-refractivity contribution < 1.29 is 8.42 Å². The van der Waals surface area contributed by atoms with Crippen molar-refractivity contribution in [3.8, 4) is 0 Å². The first-order valence-electron chi connectivity index (χ1n) is 8.38. The summed E-state index contributed by atoms with van der Waals surface area (Å²) in [7, 11) is -3.07. The Bertz CT molecular complexity index is 418. The molecule has 2 unspecified atom stereocenters. The number of hydrogen-bond acceptors (Lipinski definition) is 4. The van der Waals surface area contributed by atoms with E-state index in [1.165, 1.54) is 6.26 Å². The predicted molar refractivity (Wildman–Crippen MR) is 90.2 cm³/mol. The van der Waals surface area contributed by atoms with Crippen LogP contribution in [0.4, 0.5) is 0 Å². The predicted octanol–water partition coefficient (Wildman–Crippen LogP) is 2.43. The Kier molecular flexibility index (Phi) is 6.69. The summed E-state index contributed by atoms with van der Waals surface area (Å²) in [5, 5.41) is -0.311. The van der Waals surface area contributed by atoms with Crippen LogP contribution in [0, 0.1) is 5.92 Å². The third kappa shape index (κ3) is 3.99. The van der Waals surface area contributed by atoms with Gasteiger partial charge < -0.3 is 5.73 Å². The molecule has 1 fully saturated rings. The highest BCUT2D eigenvalue weighted by Gasteiger charge is 2.52. The molecule has 0 heterocycles. The van der Waals surface area contributed by atoms with Crippen molar-refractivity contribution in [2.24, 2.45) is 11.7 Å². The van der Waals surface area contributed by atoms with Crippen LogP contribution in [-0.4, -0.2) is 49.5 Å². The minimum absolute atomic E-state index is 0.311. The quantitative estimate of drug-likeness (QED) is 0.746. The Morgan fingerprint density at radius 1 is 1.29 bits per heavy atom. The summed E-state index contributed by atoms with van der Waals surface area (Å²) in [6.07, 6.45) is 6.09. The fourth-order valence-electron chi connectivity index (χ4n) is 4.13. The summed E-state index contributed by atoms with van der Waals surface area (Å²) in [5.41, 5.74) is 5.81. The number of sulfone groups is 1. The topological polar surface area (TPSA) is 63.4 Å². The van der Waals surface area contributed by atoms with Gasteiger partial charge in [-0.1, -0.05) is 34.1 Å². The average molecular weight is 319 g/mol. The Balaban J connectivity index is 3.27. The van der Waals surface area contributed by atoms with E-state index in [1.54, 1.807) is 0 Å². The van der Waals surface area contributed by atoms with E-state index in [9.17, 15) is 8.42 Å². The van der Waals surface area contributed by atoms with E-state index in [0.717, 1.165) is 38.6 Å². The lowest BCUT2D eigenvalue weighted by atomic mass is 9.90. The molecular weight excluding hydrogens is 284 g/mol. The molecule has 1 rings (SSSR count). The second kappa shape index (κ2) is 7.42. The van der Waals surface area contributed by atoms with Crippen LogP contribution in [0.1, 0.15) is 59.8 Å². The molecule has 2 atom stereocenters. The van der Waals surface area contributed by atoms with E-state index in [0.29, 0.717) is 18.5 Å². The van der Waals surface area contributed by atoms with Gasteiger partial charge in [-0.2, -0.15) is 0 Å². The summed E-state index contributed by atoms with van der Waals surface area (Å²) >= 11 is 0. The van der Waals surface area contributed by atoms with Crippen molar-refractivity contribution in [1.82, 2.24) is 4.90 Å². The van der Waals surface area contributed by atoms with Crippen molar-refractivity contribution in [3.63, 3.8) is 0 Å². The minimum atomic E-state index is -3.07. The van der Waals surface area contributed by atoms with Crippen LogP contribution in [0.3, 0.4) is 0 Å². The third-order valence-corrected chi connectivity index (χ3v) is 6.77. The Morgan fingerprint density at radius 2 is 1.86 bits per heavy atom. The van der Waals surface area contributed by atoms with Crippen molar-refractivity contribution in [3.05, 3.63) is 0 Å². The smallest absolute Gasteiger partial charge is 0.152 e. The fourth-order valence-corrected chi connectivity index (χ4v) is 5.87. The maximum absolute atomic E-state index is 12.3. The molecule has 0 amide bonds. The lowest BCUT2D eigenvalue weighted by Crippen LogP contribution is -2.64. The molecule has 2 N–H and O–H groups in total. The van der Waals surface area contributed by atoms with Crippen LogP contribution >= 0.6 is 0 Å². The van der Waals surface area contributed by atoms with Gasteiger partial charge in [-0.05, 0) is 31.6 Å². The van der Waals surface area contributed by atoms with E-state index in [-0.39, 0.29) is 10.8 Å². The molecule has 4 nitrogen and oxygen atoms in total. The Morgan fingerprint density at radius 3 is 2.24 bits per heavy atom. The number of nitrogens with zero attached hydrogens (tertiary/aromatic N) is 1. The second-order valence-electron chi connectivity index (χ2n) is 7.03. The highest BCUT2D eigenvalue weighted by molar-refractivity contribution is 7.91. The molecule has 1 aliphatic rings. The number of rotatable bonds is 8. The van der Waals surface area contributed by atoms with Crippen LogP contribution in [0.2, 0.25) is 0 Å². The van der Waals surface area contributed by atoms with Gasteiger partial charge in [0.15, 0.2) is 9.84 Å². The van der Waals surface area contributed by atoms with E-state index in [2.05, 4.69) is 32.6 Å². The zero-order chi connectivity index (χ0) is 16.3. The molecule has 0 aromatic carbocycles. The van der Waals surface area contributed by atoms with Crippen molar-refractivity contribution in [2.75, 3.05) is 19.3 Å². The fraction of sp³-hybridized carbons (Fsp3) is 1.00. The maximum Gasteiger partial charge on any atom is 0.152 e. The average Bonchev–Trinajstić information content (AvgIpc) is 2.83. The first kappa shape index (κ1) is 18.9. The van der Waals surface area contributed by atoms with Gasteiger partial charge in [-0.15, -0.1) is 0 Å².